The van der Waals surface area contributed by atoms with Crippen molar-refractivity contribution in [3.63, 3.8) is 0 Å². The Bertz CT molecular complexity index is 1330. The minimum Gasteiger partial charge on any atom is -0.465 e. The van der Waals surface area contributed by atoms with E-state index >= 15 is 0 Å². The number of thiazole rings is 1. The highest BCUT2D eigenvalue weighted by molar-refractivity contribution is 7.14. The fourth-order valence-corrected chi connectivity index (χ4v) is 4.03. The molecule has 0 saturated carbocycles. The average Bonchev–Trinajstić information content (AvgIpc) is 3.53. The Morgan fingerprint density at radius 1 is 1.00 bits per heavy atom. The number of carboxylic acid groups (broad SMARTS) is 1. The van der Waals surface area contributed by atoms with Crippen LogP contribution in [0.5, 0.6) is 0 Å². The lowest BCUT2D eigenvalue weighted by Gasteiger charge is -2.05. The zero-order valence-electron chi connectivity index (χ0n) is 18.5. The summed E-state index contributed by atoms with van der Waals surface area (Å²) in [5.41, 5.74) is 4.13. The highest BCUT2D eigenvalue weighted by Gasteiger charge is 2.12. The summed E-state index contributed by atoms with van der Waals surface area (Å²) in [5, 5.41) is 18.4. The van der Waals surface area contributed by atoms with Crippen molar-refractivity contribution in [2.24, 2.45) is 0 Å². The summed E-state index contributed by atoms with van der Waals surface area (Å²) in [5.74, 6) is -0.798. The van der Waals surface area contributed by atoms with Crippen molar-refractivity contribution in [1.29, 1.82) is 0 Å². The van der Waals surface area contributed by atoms with Crippen LogP contribution in [0.15, 0.2) is 72.6 Å². The Morgan fingerprint density at radius 3 is 2.60 bits per heavy atom. The normalized spacial score (nSPS) is 10.5. The van der Waals surface area contributed by atoms with Gasteiger partial charge in [0.15, 0.2) is 5.13 Å². The van der Waals surface area contributed by atoms with Crippen molar-refractivity contribution in [2.75, 3.05) is 18.4 Å². The first-order valence-corrected chi connectivity index (χ1v) is 11.5. The standard InChI is InChI=1S/C24H22N6O4S/c31-21(13-27-22(32)19-6-10-30(14-19)11-9-26-24(33)34)29-23-28-20(15-35-23)18-3-1-2-17(12-18)16-4-7-25-8-5-16/h1-8,10,12,14-15,26H,9,11,13H2,(H,27,32)(H,33,34)(H,28,29,31). The second kappa shape index (κ2) is 11.1. The lowest BCUT2D eigenvalue weighted by atomic mass is 10.0. The summed E-state index contributed by atoms with van der Waals surface area (Å²) in [4.78, 5) is 43.6. The smallest absolute Gasteiger partial charge is 0.404 e. The Hall–Kier alpha value is -4.51. The van der Waals surface area contributed by atoms with E-state index in [2.05, 4.69) is 25.9 Å². The zero-order chi connectivity index (χ0) is 24.6. The lowest BCUT2D eigenvalue weighted by molar-refractivity contribution is -0.115. The van der Waals surface area contributed by atoms with Gasteiger partial charge in [-0.3, -0.25) is 14.6 Å². The lowest BCUT2D eigenvalue weighted by Crippen LogP contribution is -2.32. The van der Waals surface area contributed by atoms with Crippen LogP contribution in [-0.2, 0) is 11.3 Å². The van der Waals surface area contributed by atoms with Gasteiger partial charge in [0.05, 0.1) is 17.8 Å². The summed E-state index contributed by atoms with van der Waals surface area (Å²) < 4.78 is 1.69. The van der Waals surface area contributed by atoms with Crippen LogP contribution in [0.2, 0.25) is 0 Å². The molecule has 4 rings (SSSR count). The first kappa shape index (κ1) is 23.6. The van der Waals surface area contributed by atoms with Gasteiger partial charge in [0.25, 0.3) is 5.91 Å². The van der Waals surface area contributed by atoms with Crippen molar-refractivity contribution in [1.82, 2.24) is 25.2 Å². The molecule has 10 nitrogen and oxygen atoms in total. The number of carbonyl (C=O) groups is 3. The molecule has 178 valence electrons. The molecule has 0 aliphatic carbocycles. The van der Waals surface area contributed by atoms with Gasteiger partial charge < -0.3 is 25.6 Å². The van der Waals surface area contributed by atoms with Crippen LogP contribution in [0.3, 0.4) is 0 Å². The molecular weight excluding hydrogens is 468 g/mol. The zero-order valence-corrected chi connectivity index (χ0v) is 19.3. The van der Waals surface area contributed by atoms with Crippen LogP contribution < -0.4 is 16.0 Å². The Kier molecular flexibility index (Phi) is 7.48. The summed E-state index contributed by atoms with van der Waals surface area (Å²) in [6.07, 6.45) is 5.63. The highest BCUT2D eigenvalue weighted by Crippen LogP contribution is 2.28. The number of nitrogens with zero attached hydrogens (tertiary/aromatic N) is 3. The van der Waals surface area contributed by atoms with Gasteiger partial charge in [-0.15, -0.1) is 11.3 Å². The summed E-state index contributed by atoms with van der Waals surface area (Å²) in [7, 11) is 0. The predicted octanol–water partition coefficient (Wildman–Crippen LogP) is 3.31. The molecule has 0 spiro atoms. The number of aromatic nitrogens is 3. The molecule has 3 heterocycles. The molecule has 0 aliphatic rings. The van der Waals surface area contributed by atoms with Gasteiger partial charge in [0, 0.05) is 48.8 Å². The van der Waals surface area contributed by atoms with E-state index in [9.17, 15) is 14.4 Å². The number of benzene rings is 1. The molecule has 0 bridgehead atoms. The Balaban J connectivity index is 1.29. The number of rotatable bonds is 9. The number of carbonyl (C=O) groups excluding carboxylic acids is 2. The molecule has 0 fully saturated rings. The van der Waals surface area contributed by atoms with Crippen LogP contribution in [0.25, 0.3) is 22.4 Å². The first-order chi connectivity index (χ1) is 17.0. The average molecular weight is 491 g/mol. The maximum Gasteiger partial charge on any atom is 0.404 e. The molecule has 0 aliphatic heterocycles. The molecule has 0 saturated heterocycles. The first-order valence-electron chi connectivity index (χ1n) is 10.6. The van der Waals surface area contributed by atoms with Crippen LogP contribution >= 0.6 is 11.3 Å². The van der Waals surface area contributed by atoms with E-state index in [1.807, 2.05) is 41.8 Å². The van der Waals surface area contributed by atoms with Gasteiger partial charge in [0.1, 0.15) is 0 Å². The van der Waals surface area contributed by atoms with Crippen LogP contribution in [0, 0.1) is 0 Å². The van der Waals surface area contributed by atoms with Gasteiger partial charge >= 0.3 is 6.09 Å². The molecule has 35 heavy (non-hydrogen) atoms. The Morgan fingerprint density at radius 2 is 1.80 bits per heavy atom. The third-order valence-electron chi connectivity index (χ3n) is 4.99. The van der Waals surface area contributed by atoms with E-state index in [0.717, 1.165) is 22.4 Å². The number of hydrogen-bond donors (Lipinski definition) is 4. The number of amides is 3. The Labute approximate surface area is 204 Å². The molecule has 0 unspecified atom stereocenters. The summed E-state index contributed by atoms with van der Waals surface area (Å²) in [6, 6.07) is 13.4. The van der Waals surface area contributed by atoms with E-state index in [-0.39, 0.29) is 13.1 Å². The molecule has 4 aromatic rings. The minimum absolute atomic E-state index is 0.211. The highest BCUT2D eigenvalue weighted by atomic mass is 32.1. The van der Waals surface area contributed by atoms with Gasteiger partial charge in [-0.25, -0.2) is 9.78 Å². The van der Waals surface area contributed by atoms with Crippen LogP contribution in [-0.4, -0.2) is 50.6 Å². The fraction of sp³-hybridized carbons (Fsp3) is 0.125. The second-order valence-electron chi connectivity index (χ2n) is 7.46. The van der Waals surface area contributed by atoms with Gasteiger partial charge in [0.2, 0.25) is 5.91 Å². The molecule has 1 aromatic carbocycles. The molecule has 11 heteroatoms. The van der Waals surface area contributed by atoms with Crippen molar-refractivity contribution in [3.05, 3.63) is 78.2 Å². The fourth-order valence-electron chi connectivity index (χ4n) is 3.30. The molecule has 3 aromatic heterocycles. The van der Waals surface area contributed by atoms with Crippen molar-refractivity contribution in [3.8, 4) is 22.4 Å². The maximum absolute atomic E-state index is 12.3. The molecule has 0 radical (unpaired) electrons. The van der Waals surface area contributed by atoms with E-state index in [0.29, 0.717) is 17.2 Å². The van der Waals surface area contributed by atoms with Crippen molar-refractivity contribution in [2.45, 2.75) is 6.54 Å². The molecular formula is C24H22N6O4S. The van der Waals surface area contributed by atoms with Crippen LogP contribution in [0.1, 0.15) is 10.4 Å². The third-order valence-corrected chi connectivity index (χ3v) is 5.75. The quantitative estimate of drug-likeness (QED) is 0.284. The topological polar surface area (TPSA) is 138 Å². The molecule has 3 amide bonds. The van der Waals surface area contributed by atoms with Crippen LogP contribution in [0.4, 0.5) is 9.93 Å². The van der Waals surface area contributed by atoms with E-state index in [1.54, 1.807) is 35.4 Å². The predicted molar refractivity (Wildman–Crippen MR) is 132 cm³/mol. The summed E-state index contributed by atoms with van der Waals surface area (Å²) >= 11 is 1.30. The number of anilines is 1. The number of nitrogens with one attached hydrogen (secondary N) is 3. The second-order valence-corrected chi connectivity index (χ2v) is 8.31. The number of hydrogen-bond acceptors (Lipinski definition) is 6. The maximum atomic E-state index is 12.3. The van der Waals surface area contributed by atoms with E-state index in [1.165, 1.54) is 11.3 Å². The van der Waals surface area contributed by atoms with E-state index < -0.39 is 17.9 Å². The largest absolute Gasteiger partial charge is 0.465 e. The van der Waals surface area contributed by atoms with Crippen molar-refractivity contribution < 1.29 is 19.5 Å². The van der Waals surface area contributed by atoms with Gasteiger partial charge in [-0.05, 0) is 35.4 Å². The molecule has 0 atom stereocenters. The molecule has 4 N–H and O–H groups in total. The van der Waals surface area contributed by atoms with E-state index in [4.69, 9.17) is 5.11 Å². The monoisotopic (exact) mass is 490 g/mol. The van der Waals surface area contributed by atoms with Gasteiger partial charge in [-0.1, -0.05) is 18.2 Å². The SMILES string of the molecule is O=C(O)NCCn1ccc(C(=O)NCC(=O)Nc2nc(-c3cccc(-c4ccncc4)c3)cs2)c1. The third kappa shape index (κ3) is 6.51. The summed E-state index contributed by atoms with van der Waals surface area (Å²) in [6.45, 7) is 0.395. The van der Waals surface area contributed by atoms with Gasteiger partial charge in [-0.2, -0.15) is 0 Å². The van der Waals surface area contributed by atoms with Crippen molar-refractivity contribution >= 4 is 34.4 Å². The minimum atomic E-state index is -1.10. The number of pyridine rings is 1.